The van der Waals surface area contributed by atoms with Gasteiger partial charge >= 0.3 is 0 Å². The van der Waals surface area contributed by atoms with Crippen molar-refractivity contribution in [2.75, 3.05) is 0 Å². The third-order valence-corrected chi connectivity index (χ3v) is 2.69. The summed E-state index contributed by atoms with van der Waals surface area (Å²) < 4.78 is 15.1. The molecule has 3 nitrogen and oxygen atoms in total. The van der Waals surface area contributed by atoms with Crippen LogP contribution in [0.2, 0.25) is 0 Å². The largest absolute Gasteiger partial charge is 0.298 e. The molecule has 0 radical (unpaired) electrons. The van der Waals surface area contributed by atoms with Crippen LogP contribution in [0, 0.1) is 12.7 Å². The molecule has 0 atom stereocenters. The number of rotatable bonds is 3. The topological polar surface area (TPSA) is 34.9 Å². The number of aromatic nitrogens is 2. The molecular weight excluding hydrogens is 219 g/mol. The predicted molar refractivity (Wildman–Crippen MR) is 63.4 cm³/mol. The van der Waals surface area contributed by atoms with E-state index in [2.05, 4.69) is 5.10 Å². The molecule has 0 saturated heterocycles. The first-order valence-electron chi connectivity index (χ1n) is 5.45. The molecule has 0 amide bonds. The molecule has 88 valence electrons. The van der Waals surface area contributed by atoms with Crippen molar-refractivity contribution in [2.24, 2.45) is 0 Å². The van der Waals surface area contributed by atoms with Gasteiger partial charge in [-0.2, -0.15) is 5.10 Å². The lowest BCUT2D eigenvalue weighted by atomic mass is 10.1. The monoisotopic (exact) mass is 232 g/mol. The minimum Gasteiger partial charge on any atom is -0.298 e. The molecule has 1 heterocycles. The van der Waals surface area contributed by atoms with Crippen molar-refractivity contribution in [3.63, 3.8) is 0 Å². The predicted octanol–water partition coefficient (Wildman–Crippen LogP) is 2.83. The Morgan fingerprint density at radius 2 is 2.24 bits per heavy atom. The summed E-state index contributed by atoms with van der Waals surface area (Å²) in [5.74, 6) is -0.287. The van der Waals surface area contributed by atoms with Crippen LogP contribution in [0.25, 0.3) is 11.3 Å². The van der Waals surface area contributed by atoms with E-state index >= 15 is 0 Å². The highest BCUT2D eigenvalue weighted by molar-refractivity contribution is 5.85. The van der Waals surface area contributed by atoms with Crippen molar-refractivity contribution < 1.29 is 9.18 Å². The number of nitrogens with zero attached hydrogens (tertiary/aromatic N) is 2. The fourth-order valence-electron chi connectivity index (χ4n) is 1.65. The second-order valence-electron chi connectivity index (χ2n) is 3.87. The van der Waals surface area contributed by atoms with Gasteiger partial charge in [-0.05, 0) is 25.5 Å². The minimum absolute atomic E-state index is 0.287. The van der Waals surface area contributed by atoms with Crippen LogP contribution in [0.1, 0.15) is 22.8 Å². The zero-order valence-electron chi connectivity index (χ0n) is 9.77. The van der Waals surface area contributed by atoms with Gasteiger partial charge in [-0.1, -0.05) is 12.1 Å². The molecule has 0 unspecified atom stereocenters. The molecule has 0 bridgehead atoms. The number of aryl methyl sites for hydroxylation is 2. The van der Waals surface area contributed by atoms with Crippen molar-refractivity contribution in [3.8, 4) is 11.3 Å². The lowest BCUT2D eigenvalue weighted by Crippen LogP contribution is -1.94. The average Bonchev–Trinajstić information content (AvgIpc) is 2.76. The third kappa shape index (κ3) is 2.11. The van der Waals surface area contributed by atoms with Crippen molar-refractivity contribution in [2.45, 2.75) is 20.4 Å². The quantitative estimate of drug-likeness (QED) is 0.763. The van der Waals surface area contributed by atoms with Gasteiger partial charge in [0, 0.05) is 18.3 Å². The fraction of sp³-hybridized carbons (Fsp3) is 0.231. The lowest BCUT2D eigenvalue weighted by Gasteiger charge is -2.01. The second-order valence-corrected chi connectivity index (χ2v) is 3.87. The lowest BCUT2D eigenvalue weighted by molar-refractivity contribution is 0.112. The molecule has 0 saturated carbocycles. The highest BCUT2D eigenvalue weighted by atomic mass is 19.1. The number of hydrogen-bond donors (Lipinski definition) is 0. The van der Waals surface area contributed by atoms with Crippen LogP contribution in [-0.2, 0) is 6.54 Å². The summed E-state index contributed by atoms with van der Waals surface area (Å²) in [5, 5.41) is 4.26. The Labute approximate surface area is 98.9 Å². The first-order chi connectivity index (χ1) is 8.15. The summed E-state index contributed by atoms with van der Waals surface area (Å²) >= 11 is 0. The van der Waals surface area contributed by atoms with Crippen molar-refractivity contribution in [1.29, 1.82) is 0 Å². The van der Waals surface area contributed by atoms with Gasteiger partial charge in [0.15, 0.2) is 6.29 Å². The van der Waals surface area contributed by atoms with Gasteiger partial charge in [0.2, 0.25) is 0 Å². The van der Waals surface area contributed by atoms with Gasteiger partial charge in [-0.3, -0.25) is 9.48 Å². The standard InChI is InChI=1S/C13H13FN2O/c1-3-16-7-11(8-17)13(15-16)10-5-4-9(2)12(14)6-10/h4-8H,3H2,1-2H3. The van der Waals surface area contributed by atoms with Crippen LogP contribution in [-0.4, -0.2) is 16.1 Å². The molecular formula is C13H13FN2O. The summed E-state index contributed by atoms with van der Waals surface area (Å²) in [7, 11) is 0. The molecule has 4 heteroatoms. The van der Waals surface area contributed by atoms with Crippen molar-refractivity contribution >= 4 is 6.29 Å². The van der Waals surface area contributed by atoms with Gasteiger partial charge in [0.25, 0.3) is 0 Å². The molecule has 0 aliphatic heterocycles. The molecule has 0 aliphatic rings. The maximum absolute atomic E-state index is 13.5. The van der Waals surface area contributed by atoms with E-state index in [9.17, 15) is 9.18 Å². The number of carbonyl (C=O) groups excluding carboxylic acids is 1. The SMILES string of the molecule is CCn1cc(C=O)c(-c2ccc(C)c(F)c2)n1. The molecule has 0 aliphatic carbocycles. The van der Waals surface area contributed by atoms with Crippen LogP contribution in [0.4, 0.5) is 4.39 Å². The molecule has 2 rings (SSSR count). The Morgan fingerprint density at radius 1 is 1.47 bits per heavy atom. The smallest absolute Gasteiger partial charge is 0.153 e. The summed E-state index contributed by atoms with van der Waals surface area (Å²) in [6.07, 6.45) is 2.41. The normalized spacial score (nSPS) is 10.5. The fourth-order valence-corrected chi connectivity index (χ4v) is 1.65. The molecule has 17 heavy (non-hydrogen) atoms. The second kappa shape index (κ2) is 4.49. The summed E-state index contributed by atoms with van der Waals surface area (Å²) in [5.41, 5.74) is 2.22. The Kier molecular flexibility index (Phi) is 3.04. The van der Waals surface area contributed by atoms with Gasteiger partial charge in [-0.15, -0.1) is 0 Å². The maximum Gasteiger partial charge on any atom is 0.153 e. The summed E-state index contributed by atoms with van der Waals surface area (Å²) in [6.45, 7) is 4.31. The number of benzene rings is 1. The van der Waals surface area contributed by atoms with E-state index in [-0.39, 0.29) is 5.82 Å². The van der Waals surface area contributed by atoms with Crippen molar-refractivity contribution in [1.82, 2.24) is 9.78 Å². The van der Waals surface area contributed by atoms with Gasteiger partial charge in [-0.25, -0.2) is 4.39 Å². The number of hydrogen-bond acceptors (Lipinski definition) is 2. The molecule has 0 spiro atoms. The molecule has 0 fully saturated rings. The first kappa shape index (κ1) is 11.5. The van der Waals surface area contributed by atoms with Gasteiger partial charge in [0.1, 0.15) is 11.5 Å². The van der Waals surface area contributed by atoms with E-state index in [1.807, 2.05) is 6.92 Å². The Balaban J connectivity index is 2.54. The highest BCUT2D eigenvalue weighted by Gasteiger charge is 2.11. The van der Waals surface area contributed by atoms with Crippen LogP contribution in [0.5, 0.6) is 0 Å². The molecule has 0 N–H and O–H groups in total. The van der Waals surface area contributed by atoms with E-state index in [1.165, 1.54) is 6.07 Å². The zero-order chi connectivity index (χ0) is 12.4. The average molecular weight is 232 g/mol. The van der Waals surface area contributed by atoms with E-state index in [0.29, 0.717) is 28.9 Å². The van der Waals surface area contributed by atoms with E-state index < -0.39 is 0 Å². The Bertz CT molecular complexity index is 561. The van der Waals surface area contributed by atoms with E-state index in [0.717, 1.165) is 6.29 Å². The van der Waals surface area contributed by atoms with Crippen LogP contribution in [0.15, 0.2) is 24.4 Å². The number of carbonyl (C=O) groups is 1. The van der Waals surface area contributed by atoms with Gasteiger partial charge < -0.3 is 0 Å². The van der Waals surface area contributed by atoms with Crippen LogP contribution < -0.4 is 0 Å². The Morgan fingerprint density at radius 3 is 2.82 bits per heavy atom. The number of halogens is 1. The zero-order valence-corrected chi connectivity index (χ0v) is 9.77. The number of aldehydes is 1. The summed E-state index contributed by atoms with van der Waals surface area (Å²) in [4.78, 5) is 10.9. The first-order valence-corrected chi connectivity index (χ1v) is 5.45. The van der Waals surface area contributed by atoms with Crippen molar-refractivity contribution in [3.05, 3.63) is 41.3 Å². The van der Waals surface area contributed by atoms with Crippen LogP contribution >= 0.6 is 0 Å². The minimum atomic E-state index is -0.287. The third-order valence-electron chi connectivity index (χ3n) is 2.69. The molecule has 1 aromatic carbocycles. The van der Waals surface area contributed by atoms with E-state index in [4.69, 9.17) is 0 Å². The van der Waals surface area contributed by atoms with Gasteiger partial charge in [0.05, 0.1) is 5.56 Å². The molecule has 1 aromatic heterocycles. The van der Waals surface area contributed by atoms with Crippen LogP contribution in [0.3, 0.4) is 0 Å². The Hall–Kier alpha value is -1.97. The maximum atomic E-state index is 13.5. The highest BCUT2D eigenvalue weighted by Crippen LogP contribution is 2.23. The van der Waals surface area contributed by atoms with E-state index in [1.54, 1.807) is 29.9 Å². The molecule has 2 aromatic rings. The summed E-state index contributed by atoms with van der Waals surface area (Å²) in [6, 6.07) is 4.86.